The van der Waals surface area contributed by atoms with Crippen molar-refractivity contribution in [1.29, 1.82) is 0 Å². The molecule has 3 N–H and O–H groups in total. The smallest absolute Gasteiger partial charge is 0.241 e. The van der Waals surface area contributed by atoms with Gasteiger partial charge < -0.3 is 10.4 Å². The molecule has 0 saturated carbocycles. The summed E-state index contributed by atoms with van der Waals surface area (Å²) in [7, 11) is 0. The molecule has 3 heterocycles. The summed E-state index contributed by atoms with van der Waals surface area (Å²) in [5.74, 6) is 1.10. The fourth-order valence-corrected chi connectivity index (χ4v) is 3.03. The van der Waals surface area contributed by atoms with Crippen molar-refractivity contribution in [2.24, 2.45) is 0 Å². The summed E-state index contributed by atoms with van der Waals surface area (Å²) in [6, 6.07) is 9.83. The first-order valence-electron chi connectivity index (χ1n) is 8.97. The fourth-order valence-electron chi connectivity index (χ4n) is 3.03. The quantitative estimate of drug-likeness (QED) is 0.592. The maximum absolute atomic E-state index is 9.06. The van der Waals surface area contributed by atoms with Crippen LogP contribution in [-0.4, -0.2) is 74.3 Å². The molecule has 1 saturated heterocycles. The van der Waals surface area contributed by atoms with Crippen molar-refractivity contribution in [3.05, 3.63) is 42.7 Å². The second-order valence-electron chi connectivity index (χ2n) is 6.28. The van der Waals surface area contributed by atoms with Crippen LogP contribution in [-0.2, 0) is 0 Å². The Bertz CT molecular complexity index is 883. The van der Waals surface area contributed by atoms with Crippen LogP contribution in [0, 0.1) is 0 Å². The van der Waals surface area contributed by atoms with Crippen LogP contribution < -0.4 is 10.7 Å². The molecule has 0 aliphatic carbocycles. The number of aliphatic hydroxyl groups is 1. The van der Waals surface area contributed by atoms with Crippen molar-refractivity contribution in [2.75, 3.05) is 50.1 Å². The van der Waals surface area contributed by atoms with E-state index in [4.69, 9.17) is 5.11 Å². The van der Waals surface area contributed by atoms with Gasteiger partial charge in [-0.15, -0.1) is 0 Å². The summed E-state index contributed by atoms with van der Waals surface area (Å²) in [6.45, 7) is 4.31. The molecule has 0 amide bonds. The zero-order valence-corrected chi connectivity index (χ0v) is 14.9. The summed E-state index contributed by atoms with van der Waals surface area (Å²) in [6.07, 6.45) is 3.26. The molecule has 1 aromatic carbocycles. The van der Waals surface area contributed by atoms with Crippen LogP contribution in [0.4, 0.5) is 17.5 Å². The number of benzene rings is 1. The number of nitrogens with zero attached hydrogens (tertiary/aromatic N) is 6. The number of hydrogen-bond acceptors (Lipinski definition) is 9. The molecular formula is C18H22N8O. The Labute approximate surface area is 157 Å². The van der Waals surface area contributed by atoms with E-state index in [9.17, 15) is 0 Å². The number of piperazine rings is 1. The second kappa shape index (κ2) is 8.21. The summed E-state index contributed by atoms with van der Waals surface area (Å²) in [5, 5.41) is 14.4. The van der Waals surface area contributed by atoms with Gasteiger partial charge in [0.2, 0.25) is 5.95 Å². The van der Waals surface area contributed by atoms with Crippen molar-refractivity contribution in [1.82, 2.24) is 29.8 Å². The number of aromatic nitrogens is 4. The lowest BCUT2D eigenvalue weighted by molar-refractivity contribution is 0.127. The highest BCUT2D eigenvalue weighted by atomic mass is 16.3. The van der Waals surface area contributed by atoms with Gasteiger partial charge in [-0.05, 0) is 12.1 Å². The minimum absolute atomic E-state index is 0.189. The molecule has 0 radical (unpaired) electrons. The van der Waals surface area contributed by atoms with Crippen LogP contribution in [0.2, 0.25) is 0 Å². The van der Waals surface area contributed by atoms with Gasteiger partial charge >= 0.3 is 0 Å². The fraction of sp³-hybridized carbons (Fsp3) is 0.333. The number of β-amino-alcohol motifs (C(OH)–C–C–N with tert-alkyl or cyclic N) is 1. The average molecular weight is 366 g/mol. The van der Waals surface area contributed by atoms with Crippen LogP contribution in [0.15, 0.2) is 42.7 Å². The maximum atomic E-state index is 9.06. The van der Waals surface area contributed by atoms with E-state index < -0.39 is 0 Å². The van der Waals surface area contributed by atoms with Gasteiger partial charge in [0, 0.05) is 50.8 Å². The summed E-state index contributed by atoms with van der Waals surface area (Å²) in [5.41, 5.74) is 5.36. The van der Waals surface area contributed by atoms with Gasteiger partial charge in [0.1, 0.15) is 0 Å². The highest BCUT2D eigenvalue weighted by Gasteiger charge is 2.18. The monoisotopic (exact) mass is 366 g/mol. The van der Waals surface area contributed by atoms with Gasteiger partial charge in [0.25, 0.3) is 0 Å². The van der Waals surface area contributed by atoms with Gasteiger partial charge in [-0.2, -0.15) is 9.97 Å². The molecule has 2 aromatic heterocycles. The number of fused-ring (bicyclic) bond motifs is 1. The largest absolute Gasteiger partial charge is 0.395 e. The van der Waals surface area contributed by atoms with Gasteiger partial charge in [0.05, 0.1) is 6.61 Å². The Balaban J connectivity index is 1.55. The first-order valence-corrected chi connectivity index (χ1v) is 8.97. The van der Waals surface area contributed by atoms with Crippen molar-refractivity contribution in [3.8, 4) is 0 Å². The summed E-state index contributed by atoms with van der Waals surface area (Å²) >= 11 is 0. The van der Waals surface area contributed by atoms with E-state index in [1.807, 2.05) is 30.3 Å². The normalized spacial score (nSPS) is 15.7. The van der Waals surface area contributed by atoms with E-state index in [0.717, 1.165) is 31.9 Å². The lowest BCUT2D eigenvalue weighted by atomic mass is 10.3. The molecule has 0 atom stereocenters. The van der Waals surface area contributed by atoms with Crippen LogP contribution in [0.5, 0.6) is 0 Å². The highest BCUT2D eigenvalue weighted by Crippen LogP contribution is 2.22. The molecule has 9 heteroatoms. The SMILES string of the molecule is OCCN1CCN(Nc2nc(Nc3ccccc3)c3nccnc3n2)CC1. The minimum atomic E-state index is 0.189. The number of anilines is 3. The van der Waals surface area contributed by atoms with Gasteiger partial charge in [-0.1, -0.05) is 18.2 Å². The number of nitrogens with one attached hydrogen (secondary N) is 2. The molecule has 140 valence electrons. The molecule has 0 unspecified atom stereocenters. The zero-order valence-electron chi connectivity index (χ0n) is 14.9. The second-order valence-corrected chi connectivity index (χ2v) is 6.28. The zero-order chi connectivity index (χ0) is 18.5. The molecule has 0 spiro atoms. The maximum Gasteiger partial charge on any atom is 0.241 e. The molecular weight excluding hydrogens is 344 g/mol. The van der Waals surface area contributed by atoms with E-state index in [2.05, 4.69) is 40.6 Å². The third-order valence-corrected chi connectivity index (χ3v) is 4.42. The predicted molar refractivity (Wildman–Crippen MR) is 104 cm³/mol. The standard InChI is InChI=1S/C18H22N8O/c27-13-12-25-8-10-26(11-9-25)24-18-22-16-15(19-6-7-20-16)17(23-18)21-14-4-2-1-3-5-14/h1-7,27H,8-13H2,(H2,20,21,22,23,24). The third-order valence-electron chi connectivity index (χ3n) is 4.42. The molecule has 3 aromatic rings. The lowest BCUT2D eigenvalue weighted by Gasteiger charge is -2.34. The Morgan fingerprint density at radius 2 is 1.74 bits per heavy atom. The van der Waals surface area contributed by atoms with Crippen LogP contribution in [0.25, 0.3) is 11.2 Å². The molecule has 1 aliphatic rings. The van der Waals surface area contributed by atoms with Gasteiger partial charge in [-0.25, -0.2) is 15.0 Å². The Kier molecular flexibility index (Phi) is 5.33. The van der Waals surface area contributed by atoms with Crippen molar-refractivity contribution in [2.45, 2.75) is 0 Å². The summed E-state index contributed by atoms with van der Waals surface area (Å²) in [4.78, 5) is 20.0. The number of aliphatic hydroxyl groups excluding tert-OH is 1. The molecule has 1 fully saturated rings. The van der Waals surface area contributed by atoms with Crippen LogP contribution in [0.3, 0.4) is 0 Å². The topological polar surface area (TPSA) is 102 Å². The van der Waals surface area contributed by atoms with E-state index in [-0.39, 0.29) is 6.61 Å². The number of hydrazine groups is 1. The van der Waals surface area contributed by atoms with Crippen molar-refractivity contribution < 1.29 is 5.11 Å². The highest BCUT2D eigenvalue weighted by molar-refractivity contribution is 5.85. The van der Waals surface area contributed by atoms with Crippen LogP contribution >= 0.6 is 0 Å². The van der Waals surface area contributed by atoms with Crippen LogP contribution in [0.1, 0.15) is 0 Å². The number of rotatable bonds is 6. The third kappa shape index (κ3) is 4.27. The first kappa shape index (κ1) is 17.5. The molecule has 4 rings (SSSR count). The Morgan fingerprint density at radius 1 is 0.963 bits per heavy atom. The Morgan fingerprint density at radius 3 is 2.52 bits per heavy atom. The molecule has 1 aliphatic heterocycles. The predicted octanol–water partition coefficient (Wildman–Crippen LogP) is 1.10. The lowest BCUT2D eigenvalue weighted by Crippen LogP contribution is -2.49. The van der Waals surface area contributed by atoms with Gasteiger partial charge in [-0.3, -0.25) is 10.3 Å². The van der Waals surface area contributed by atoms with E-state index in [1.165, 1.54) is 0 Å². The number of para-hydroxylation sites is 1. The average Bonchev–Trinajstić information content (AvgIpc) is 2.71. The Hall–Kier alpha value is -2.88. The first-order chi connectivity index (χ1) is 13.3. The van der Waals surface area contributed by atoms with Crippen molar-refractivity contribution in [3.63, 3.8) is 0 Å². The summed E-state index contributed by atoms with van der Waals surface area (Å²) < 4.78 is 0. The number of hydrogen-bond donors (Lipinski definition) is 3. The molecule has 0 bridgehead atoms. The van der Waals surface area contributed by atoms with E-state index in [1.54, 1.807) is 12.4 Å². The molecule has 9 nitrogen and oxygen atoms in total. The minimum Gasteiger partial charge on any atom is -0.395 e. The van der Waals surface area contributed by atoms with Gasteiger partial charge in [0.15, 0.2) is 17.0 Å². The van der Waals surface area contributed by atoms with Crippen molar-refractivity contribution >= 4 is 28.6 Å². The van der Waals surface area contributed by atoms with E-state index >= 15 is 0 Å². The molecule has 27 heavy (non-hydrogen) atoms. The van der Waals surface area contributed by atoms with E-state index in [0.29, 0.717) is 29.5 Å².